The number of hydrogen-bond acceptors (Lipinski definition) is 3. The molecule has 0 aliphatic carbocycles. The highest BCUT2D eigenvalue weighted by Gasteiger charge is 2.21. The van der Waals surface area contributed by atoms with E-state index in [2.05, 4.69) is 0 Å². The number of carbonyl (C=O) groups is 1. The Balaban J connectivity index is 1.49. The van der Waals surface area contributed by atoms with Gasteiger partial charge < -0.3 is 9.47 Å². The van der Waals surface area contributed by atoms with Crippen molar-refractivity contribution in [3.05, 3.63) is 139 Å². The summed E-state index contributed by atoms with van der Waals surface area (Å²) in [7, 11) is 0. The summed E-state index contributed by atoms with van der Waals surface area (Å²) in [5.74, 6) is -0.543. The summed E-state index contributed by atoms with van der Waals surface area (Å²) in [5.41, 5.74) is 3.59. The SMILES string of the molecule is O=C(OCC(c1ccccc1)c1cc(Cl)cc(Cl)c1)OCC(c1ccccc1)c1cc(Cl)cc(Cl)c1. The molecule has 3 nitrogen and oxygen atoms in total. The second-order valence-corrected chi connectivity index (χ2v) is 9.95. The molecule has 0 N–H and O–H groups in total. The van der Waals surface area contributed by atoms with Crippen LogP contribution in [0.15, 0.2) is 97.1 Å². The van der Waals surface area contributed by atoms with E-state index in [1.807, 2.05) is 84.9 Å². The Bertz CT molecular complexity index is 1170. The van der Waals surface area contributed by atoms with Gasteiger partial charge in [0.25, 0.3) is 0 Å². The lowest BCUT2D eigenvalue weighted by Crippen LogP contribution is -2.18. The molecule has 4 aromatic rings. The average molecular weight is 560 g/mol. The highest BCUT2D eigenvalue weighted by atomic mass is 35.5. The molecular formula is C29H22Cl4O3. The lowest BCUT2D eigenvalue weighted by molar-refractivity contribution is 0.0511. The van der Waals surface area contributed by atoms with Gasteiger partial charge in [-0.25, -0.2) is 4.79 Å². The maximum Gasteiger partial charge on any atom is 0.508 e. The molecule has 0 aliphatic heterocycles. The van der Waals surface area contributed by atoms with Crippen LogP contribution in [0.5, 0.6) is 0 Å². The van der Waals surface area contributed by atoms with Crippen molar-refractivity contribution in [1.82, 2.24) is 0 Å². The van der Waals surface area contributed by atoms with Crippen molar-refractivity contribution >= 4 is 52.6 Å². The molecule has 0 saturated heterocycles. The lowest BCUT2D eigenvalue weighted by atomic mass is 9.92. The molecule has 0 fully saturated rings. The van der Waals surface area contributed by atoms with Gasteiger partial charge in [-0.1, -0.05) is 107 Å². The predicted octanol–water partition coefficient (Wildman–Crippen LogP) is 9.42. The Kier molecular flexibility index (Phi) is 9.17. The van der Waals surface area contributed by atoms with E-state index in [1.54, 1.807) is 12.1 Å². The van der Waals surface area contributed by atoms with Crippen LogP contribution in [0.3, 0.4) is 0 Å². The van der Waals surface area contributed by atoms with Crippen LogP contribution >= 0.6 is 46.4 Å². The first-order valence-electron chi connectivity index (χ1n) is 11.2. The first kappa shape index (κ1) is 26.4. The molecule has 0 radical (unpaired) electrons. The maximum absolute atomic E-state index is 12.7. The van der Waals surface area contributed by atoms with Crippen molar-refractivity contribution in [3.8, 4) is 0 Å². The van der Waals surface area contributed by atoms with Crippen LogP contribution in [-0.2, 0) is 9.47 Å². The maximum atomic E-state index is 12.7. The fourth-order valence-electron chi connectivity index (χ4n) is 4.04. The average Bonchev–Trinajstić information content (AvgIpc) is 2.84. The molecule has 2 atom stereocenters. The van der Waals surface area contributed by atoms with Gasteiger partial charge in [0.1, 0.15) is 13.2 Å². The fraction of sp³-hybridized carbons (Fsp3) is 0.138. The number of hydrogen-bond donors (Lipinski definition) is 0. The van der Waals surface area contributed by atoms with Gasteiger partial charge in [-0.3, -0.25) is 0 Å². The molecule has 0 aromatic heterocycles. The van der Waals surface area contributed by atoms with Crippen molar-refractivity contribution in [1.29, 1.82) is 0 Å². The number of benzene rings is 4. The molecule has 36 heavy (non-hydrogen) atoms. The van der Waals surface area contributed by atoms with Gasteiger partial charge >= 0.3 is 6.16 Å². The standard InChI is InChI=1S/C29H22Cl4O3/c30-23-11-21(12-24(31)15-23)27(19-7-3-1-4-8-19)17-35-29(34)36-18-28(20-9-5-2-6-10-20)22-13-25(32)16-26(33)14-22/h1-16,27-28H,17-18H2. The molecule has 0 spiro atoms. The highest BCUT2D eigenvalue weighted by molar-refractivity contribution is 6.35. The molecule has 0 bridgehead atoms. The van der Waals surface area contributed by atoms with Crippen molar-refractivity contribution in [2.45, 2.75) is 11.8 Å². The summed E-state index contributed by atoms with van der Waals surface area (Å²) in [6.45, 7) is 0.108. The monoisotopic (exact) mass is 558 g/mol. The number of halogens is 4. The minimum absolute atomic E-state index is 0.0541. The van der Waals surface area contributed by atoms with Crippen LogP contribution in [0.1, 0.15) is 34.1 Å². The molecule has 0 aliphatic rings. The number of ether oxygens (including phenoxy) is 2. The topological polar surface area (TPSA) is 35.5 Å². The zero-order valence-electron chi connectivity index (χ0n) is 19.0. The van der Waals surface area contributed by atoms with Gasteiger partial charge in [0.15, 0.2) is 0 Å². The summed E-state index contributed by atoms with van der Waals surface area (Å²) < 4.78 is 11.1. The molecular weight excluding hydrogens is 538 g/mol. The van der Waals surface area contributed by atoms with Gasteiger partial charge in [0.2, 0.25) is 0 Å². The van der Waals surface area contributed by atoms with Gasteiger partial charge in [0.05, 0.1) is 0 Å². The molecule has 4 rings (SSSR count). The van der Waals surface area contributed by atoms with E-state index in [0.717, 1.165) is 22.3 Å². The Morgan fingerprint density at radius 2 is 0.861 bits per heavy atom. The van der Waals surface area contributed by atoms with E-state index >= 15 is 0 Å². The van der Waals surface area contributed by atoms with Crippen LogP contribution < -0.4 is 0 Å². The number of carbonyl (C=O) groups excluding carboxylic acids is 1. The van der Waals surface area contributed by atoms with Crippen molar-refractivity contribution in [2.24, 2.45) is 0 Å². The third-order valence-corrected chi connectivity index (χ3v) is 6.59. The molecule has 2 unspecified atom stereocenters. The quantitative estimate of drug-likeness (QED) is 0.202. The van der Waals surface area contributed by atoms with E-state index in [1.165, 1.54) is 0 Å². The highest BCUT2D eigenvalue weighted by Crippen LogP contribution is 2.32. The number of rotatable bonds is 8. The Morgan fingerprint density at radius 1 is 0.528 bits per heavy atom. The minimum Gasteiger partial charge on any atom is -0.433 e. The molecule has 0 saturated carbocycles. The Labute approximate surface area is 230 Å². The summed E-state index contributed by atoms with van der Waals surface area (Å²) in [5, 5.41) is 2.03. The van der Waals surface area contributed by atoms with Crippen LogP contribution in [0.25, 0.3) is 0 Å². The Hall–Kier alpha value is -2.69. The van der Waals surface area contributed by atoms with Crippen LogP contribution in [0.4, 0.5) is 4.79 Å². The van der Waals surface area contributed by atoms with Gasteiger partial charge in [-0.05, 0) is 58.7 Å². The smallest absolute Gasteiger partial charge is 0.433 e. The predicted molar refractivity (Wildman–Crippen MR) is 147 cm³/mol. The molecule has 0 heterocycles. The van der Waals surface area contributed by atoms with Crippen LogP contribution in [0.2, 0.25) is 20.1 Å². The van der Waals surface area contributed by atoms with Crippen LogP contribution in [0, 0.1) is 0 Å². The summed E-state index contributed by atoms with van der Waals surface area (Å²) >= 11 is 24.9. The zero-order valence-corrected chi connectivity index (χ0v) is 22.1. The summed E-state index contributed by atoms with van der Waals surface area (Å²) in [4.78, 5) is 12.7. The van der Waals surface area contributed by atoms with Gasteiger partial charge in [0, 0.05) is 31.9 Å². The summed E-state index contributed by atoms with van der Waals surface area (Å²) in [6, 6.07) is 30.0. The lowest BCUT2D eigenvalue weighted by Gasteiger charge is -2.21. The van der Waals surface area contributed by atoms with Gasteiger partial charge in [-0.2, -0.15) is 0 Å². The van der Waals surface area contributed by atoms with E-state index in [9.17, 15) is 4.79 Å². The molecule has 4 aromatic carbocycles. The van der Waals surface area contributed by atoms with E-state index < -0.39 is 6.16 Å². The van der Waals surface area contributed by atoms with Crippen molar-refractivity contribution < 1.29 is 14.3 Å². The molecule has 184 valence electrons. The normalized spacial score (nSPS) is 12.6. The van der Waals surface area contributed by atoms with Crippen molar-refractivity contribution in [3.63, 3.8) is 0 Å². The molecule has 0 amide bonds. The van der Waals surface area contributed by atoms with Crippen LogP contribution in [-0.4, -0.2) is 19.4 Å². The first-order valence-corrected chi connectivity index (χ1v) is 12.7. The van der Waals surface area contributed by atoms with Gasteiger partial charge in [-0.15, -0.1) is 0 Å². The second kappa shape index (κ2) is 12.5. The fourth-order valence-corrected chi connectivity index (χ4v) is 5.12. The van der Waals surface area contributed by atoms with Crippen molar-refractivity contribution in [2.75, 3.05) is 13.2 Å². The minimum atomic E-state index is -0.780. The van der Waals surface area contributed by atoms with E-state index in [4.69, 9.17) is 55.9 Å². The third kappa shape index (κ3) is 7.18. The second-order valence-electron chi connectivity index (χ2n) is 8.20. The third-order valence-electron chi connectivity index (χ3n) is 5.71. The van der Waals surface area contributed by atoms with E-state index in [-0.39, 0.29) is 25.0 Å². The largest absolute Gasteiger partial charge is 0.508 e. The Morgan fingerprint density at radius 3 is 1.19 bits per heavy atom. The first-order chi connectivity index (χ1) is 17.4. The zero-order chi connectivity index (χ0) is 25.5. The summed E-state index contributed by atoms with van der Waals surface area (Å²) in [6.07, 6.45) is -0.780. The van der Waals surface area contributed by atoms with E-state index in [0.29, 0.717) is 20.1 Å². The molecule has 7 heteroatoms.